The van der Waals surface area contributed by atoms with Crippen molar-refractivity contribution in [2.24, 2.45) is 0 Å². The molecule has 5 heteroatoms. The Morgan fingerprint density at radius 3 is 2.63 bits per heavy atom. The van der Waals surface area contributed by atoms with Crippen LogP contribution in [-0.2, 0) is 4.74 Å². The van der Waals surface area contributed by atoms with Crippen molar-refractivity contribution in [1.82, 2.24) is 5.32 Å². The van der Waals surface area contributed by atoms with E-state index in [1.54, 1.807) is 19.2 Å². The third-order valence-corrected chi connectivity index (χ3v) is 2.71. The van der Waals surface area contributed by atoms with Gasteiger partial charge < -0.3 is 20.5 Å². The lowest BCUT2D eigenvalue weighted by Gasteiger charge is -2.15. The van der Waals surface area contributed by atoms with Gasteiger partial charge in [-0.2, -0.15) is 0 Å². The van der Waals surface area contributed by atoms with Crippen molar-refractivity contribution in [2.75, 3.05) is 32.2 Å². The van der Waals surface area contributed by atoms with E-state index < -0.39 is 0 Å². The van der Waals surface area contributed by atoms with Gasteiger partial charge in [-0.3, -0.25) is 4.79 Å². The van der Waals surface area contributed by atoms with Crippen molar-refractivity contribution in [1.29, 1.82) is 0 Å². The van der Waals surface area contributed by atoms with Gasteiger partial charge >= 0.3 is 0 Å². The maximum absolute atomic E-state index is 11.6. The minimum Gasteiger partial charge on any atom is -0.395 e. The van der Waals surface area contributed by atoms with E-state index in [1.807, 2.05) is 12.1 Å². The molecular formula is C14H22N2O3. The Labute approximate surface area is 114 Å². The fourth-order valence-electron chi connectivity index (χ4n) is 1.64. The summed E-state index contributed by atoms with van der Waals surface area (Å²) < 4.78 is 5.02. The van der Waals surface area contributed by atoms with Crippen molar-refractivity contribution in [2.45, 2.75) is 19.4 Å². The third kappa shape index (κ3) is 5.72. The van der Waals surface area contributed by atoms with E-state index in [1.165, 1.54) is 0 Å². The first-order chi connectivity index (χ1) is 9.17. The Bertz CT molecular complexity index is 379. The Balaban J connectivity index is 2.49. The number of hydrogen-bond donors (Lipinski definition) is 3. The number of anilines is 1. The molecule has 0 saturated carbocycles. The maximum atomic E-state index is 11.6. The summed E-state index contributed by atoms with van der Waals surface area (Å²) in [7, 11) is 1.69. The zero-order valence-electron chi connectivity index (χ0n) is 11.5. The molecule has 0 aliphatic heterocycles. The molecule has 5 nitrogen and oxygen atoms in total. The summed E-state index contributed by atoms with van der Waals surface area (Å²) in [6, 6.07) is 7.58. The molecule has 3 N–H and O–H groups in total. The molecule has 106 valence electrons. The number of rotatable bonds is 8. The fraction of sp³-hybridized carbons (Fsp3) is 0.500. The molecule has 0 aliphatic rings. The first-order valence-electron chi connectivity index (χ1n) is 6.42. The van der Waals surface area contributed by atoms with Gasteiger partial charge in [0, 0.05) is 37.6 Å². The fourth-order valence-corrected chi connectivity index (χ4v) is 1.64. The summed E-state index contributed by atoms with van der Waals surface area (Å²) in [6.45, 7) is 3.02. The lowest BCUT2D eigenvalue weighted by Crippen LogP contribution is -2.26. The molecule has 1 aromatic carbocycles. The van der Waals surface area contributed by atoms with Gasteiger partial charge in [-0.1, -0.05) is 0 Å². The van der Waals surface area contributed by atoms with E-state index in [4.69, 9.17) is 9.84 Å². The lowest BCUT2D eigenvalue weighted by molar-refractivity contribution is 0.0945. The summed E-state index contributed by atoms with van der Waals surface area (Å²) >= 11 is 0. The predicted octanol–water partition coefficient (Wildman–Crippen LogP) is 1.25. The molecule has 1 rings (SSSR count). The maximum Gasteiger partial charge on any atom is 0.251 e. The molecule has 1 aromatic rings. The second-order valence-corrected chi connectivity index (χ2v) is 4.38. The molecule has 0 spiro atoms. The van der Waals surface area contributed by atoms with Crippen LogP contribution in [0.25, 0.3) is 0 Å². The second-order valence-electron chi connectivity index (χ2n) is 4.38. The van der Waals surface area contributed by atoms with E-state index in [0.717, 1.165) is 18.7 Å². The Hall–Kier alpha value is -1.59. The molecule has 0 aliphatic carbocycles. The molecule has 0 fully saturated rings. The number of methoxy groups -OCH3 is 1. The van der Waals surface area contributed by atoms with Gasteiger partial charge in [-0.15, -0.1) is 0 Å². The molecule has 0 radical (unpaired) electrons. The second kappa shape index (κ2) is 8.50. The van der Waals surface area contributed by atoms with Gasteiger partial charge in [0.2, 0.25) is 0 Å². The van der Waals surface area contributed by atoms with Gasteiger partial charge in [0.25, 0.3) is 5.91 Å². The number of amides is 1. The Morgan fingerprint density at radius 2 is 2.05 bits per heavy atom. The number of aliphatic hydroxyl groups is 1. The standard InChI is InChI=1S/C14H22N2O3/c1-11(7-10-19-2)16-13-5-3-12(4-6-13)14(18)15-8-9-17/h3-6,11,16-17H,7-10H2,1-2H3,(H,15,18). The smallest absolute Gasteiger partial charge is 0.251 e. The van der Waals surface area contributed by atoms with E-state index >= 15 is 0 Å². The Morgan fingerprint density at radius 1 is 1.37 bits per heavy atom. The van der Waals surface area contributed by atoms with E-state index in [0.29, 0.717) is 11.6 Å². The zero-order valence-corrected chi connectivity index (χ0v) is 11.5. The molecule has 0 bridgehead atoms. The van der Waals surface area contributed by atoms with Crippen LogP contribution in [0.1, 0.15) is 23.7 Å². The van der Waals surface area contributed by atoms with Crippen LogP contribution in [0.5, 0.6) is 0 Å². The number of carbonyl (C=O) groups excluding carboxylic acids is 1. The number of hydrogen-bond acceptors (Lipinski definition) is 4. The number of carbonyl (C=O) groups is 1. The number of aliphatic hydroxyl groups excluding tert-OH is 1. The summed E-state index contributed by atoms with van der Waals surface area (Å²) in [5.41, 5.74) is 1.56. The van der Waals surface area contributed by atoms with Crippen molar-refractivity contribution >= 4 is 11.6 Å². The van der Waals surface area contributed by atoms with E-state index in [-0.39, 0.29) is 19.1 Å². The predicted molar refractivity (Wildman–Crippen MR) is 75.4 cm³/mol. The monoisotopic (exact) mass is 266 g/mol. The first-order valence-corrected chi connectivity index (χ1v) is 6.42. The van der Waals surface area contributed by atoms with Crippen LogP contribution >= 0.6 is 0 Å². The number of ether oxygens (including phenoxy) is 1. The summed E-state index contributed by atoms with van der Waals surface area (Å²) in [5.74, 6) is -0.173. The highest BCUT2D eigenvalue weighted by Gasteiger charge is 2.05. The molecule has 19 heavy (non-hydrogen) atoms. The van der Waals surface area contributed by atoms with Crippen LogP contribution in [0.4, 0.5) is 5.69 Å². The van der Waals surface area contributed by atoms with E-state index in [2.05, 4.69) is 17.6 Å². The van der Waals surface area contributed by atoms with Crippen LogP contribution in [0.15, 0.2) is 24.3 Å². The van der Waals surface area contributed by atoms with Crippen molar-refractivity contribution < 1.29 is 14.6 Å². The Kier molecular flexibility index (Phi) is 6.92. The van der Waals surface area contributed by atoms with Crippen LogP contribution in [0.2, 0.25) is 0 Å². The molecule has 0 heterocycles. The number of benzene rings is 1. The first kappa shape index (κ1) is 15.5. The molecule has 1 atom stereocenters. The number of nitrogens with one attached hydrogen (secondary N) is 2. The summed E-state index contributed by atoms with van der Waals surface area (Å²) in [5, 5.41) is 14.6. The minimum atomic E-state index is -0.173. The molecule has 0 aromatic heterocycles. The highest BCUT2D eigenvalue weighted by molar-refractivity contribution is 5.94. The van der Waals surface area contributed by atoms with E-state index in [9.17, 15) is 4.79 Å². The van der Waals surface area contributed by atoms with Crippen LogP contribution in [0.3, 0.4) is 0 Å². The molecule has 0 saturated heterocycles. The van der Waals surface area contributed by atoms with Crippen molar-refractivity contribution in [3.63, 3.8) is 0 Å². The van der Waals surface area contributed by atoms with Crippen LogP contribution < -0.4 is 10.6 Å². The zero-order chi connectivity index (χ0) is 14.1. The largest absolute Gasteiger partial charge is 0.395 e. The molecule has 1 amide bonds. The highest BCUT2D eigenvalue weighted by atomic mass is 16.5. The average molecular weight is 266 g/mol. The minimum absolute atomic E-state index is 0.0532. The molecular weight excluding hydrogens is 244 g/mol. The van der Waals surface area contributed by atoms with Crippen LogP contribution in [-0.4, -0.2) is 43.9 Å². The van der Waals surface area contributed by atoms with Gasteiger partial charge in [-0.05, 0) is 37.6 Å². The quantitative estimate of drug-likeness (QED) is 0.662. The SMILES string of the molecule is COCCC(C)Nc1ccc(C(=O)NCCO)cc1. The van der Waals surface area contributed by atoms with Gasteiger partial charge in [0.05, 0.1) is 6.61 Å². The third-order valence-electron chi connectivity index (χ3n) is 2.71. The van der Waals surface area contributed by atoms with Crippen molar-refractivity contribution in [3.05, 3.63) is 29.8 Å². The summed E-state index contributed by atoms with van der Waals surface area (Å²) in [6.07, 6.45) is 0.926. The van der Waals surface area contributed by atoms with Gasteiger partial charge in [0.15, 0.2) is 0 Å². The van der Waals surface area contributed by atoms with Crippen molar-refractivity contribution in [3.8, 4) is 0 Å². The topological polar surface area (TPSA) is 70.6 Å². The molecule has 1 unspecified atom stereocenters. The van der Waals surface area contributed by atoms with Gasteiger partial charge in [-0.25, -0.2) is 0 Å². The lowest BCUT2D eigenvalue weighted by atomic mass is 10.1. The van der Waals surface area contributed by atoms with Crippen LogP contribution in [0, 0.1) is 0 Å². The highest BCUT2D eigenvalue weighted by Crippen LogP contribution is 2.11. The normalized spacial score (nSPS) is 11.9. The average Bonchev–Trinajstić information content (AvgIpc) is 2.43. The summed E-state index contributed by atoms with van der Waals surface area (Å²) in [4.78, 5) is 11.6. The van der Waals surface area contributed by atoms with Gasteiger partial charge in [0.1, 0.15) is 0 Å².